The summed E-state index contributed by atoms with van der Waals surface area (Å²) < 4.78 is 2.68. The SMILES string of the molecule is CCc1nn(C)cc1CNc1c(Cl)cc(Br)cc1Cl. The molecule has 0 aliphatic carbocycles. The van der Waals surface area contributed by atoms with Gasteiger partial charge in [0.05, 0.1) is 21.4 Å². The molecule has 0 aliphatic rings. The van der Waals surface area contributed by atoms with Crippen molar-refractivity contribution in [2.24, 2.45) is 7.05 Å². The van der Waals surface area contributed by atoms with Crippen LogP contribution in [0.25, 0.3) is 0 Å². The smallest absolute Gasteiger partial charge is 0.0722 e. The summed E-state index contributed by atoms with van der Waals surface area (Å²) in [6.07, 6.45) is 2.91. The Balaban J connectivity index is 2.19. The maximum Gasteiger partial charge on any atom is 0.0722 e. The van der Waals surface area contributed by atoms with Gasteiger partial charge in [-0.05, 0) is 18.6 Å². The third-order valence-corrected chi connectivity index (χ3v) is 3.84. The molecule has 3 nitrogen and oxygen atoms in total. The number of aromatic nitrogens is 2. The van der Waals surface area contributed by atoms with Crippen LogP contribution in [0.2, 0.25) is 10.0 Å². The highest BCUT2D eigenvalue weighted by Crippen LogP contribution is 2.34. The number of halogens is 3. The maximum absolute atomic E-state index is 6.18. The standard InChI is InChI=1S/C13H14BrCl2N3/c1-3-12-8(7-19(2)18-12)6-17-13-10(15)4-9(14)5-11(13)16/h4-5,7,17H,3,6H2,1-2H3. The number of nitrogens with zero attached hydrogens (tertiary/aromatic N) is 2. The van der Waals surface area contributed by atoms with Crippen molar-refractivity contribution in [1.82, 2.24) is 9.78 Å². The van der Waals surface area contributed by atoms with Crippen molar-refractivity contribution in [2.75, 3.05) is 5.32 Å². The topological polar surface area (TPSA) is 29.9 Å². The average Bonchev–Trinajstić information content (AvgIpc) is 2.68. The number of anilines is 1. The zero-order chi connectivity index (χ0) is 14.0. The van der Waals surface area contributed by atoms with Gasteiger partial charge in [0.25, 0.3) is 0 Å². The van der Waals surface area contributed by atoms with E-state index in [2.05, 4.69) is 33.3 Å². The lowest BCUT2D eigenvalue weighted by Crippen LogP contribution is -2.02. The van der Waals surface area contributed by atoms with Gasteiger partial charge >= 0.3 is 0 Å². The molecule has 1 heterocycles. The summed E-state index contributed by atoms with van der Waals surface area (Å²) in [5, 5.41) is 8.88. The van der Waals surface area contributed by atoms with Crippen LogP contribution in [-0.4, -0.2) is 9.78 Å². The van der Waals surface area contributed by atoms with Gasteiger partial charge < -0.3 is 5.32 Å². The molecule has 102 valence electrons. The molecule has 2 rings (SSSR count). The number of aryl methyl sites for hydroxylation is 2. The van der Waals surface area contributed by atoms with E-state index >= 15 is 0 Å². The molecule has 0 saturated heterocycles. The lowest BCUT2D eigenvalue weighted by atomic mass is 10.2. The van der Waals surface area contributed by atoms with Crippen LogP contribution in [0.4, 0.5) is 5.69 Å². The Morgan fingerprint density at radius 3 is 2.53 bits per heavy atom. The number of hydrogen-bond acceptors (Lipinski definition) is 2. The molecular weight excluding hydrogens is 349 g/mol. The Bertz CT molecular complexity index is 573. The van der Waals surface area contributed by atoms with Crippen LogP contribution in [0.15, 0.2) is 22.8 Å². The maximum atomic E-state index is 6.18. The van der Waals surface area contributed by atoms with Crippen molar-refractivity contribution in [1.29, 1.82) is 0 Å². The fraction of sp³-hybridized carbons (Fsp3) is 0.308. The lowest BCUT2D eigenvalue weighted by molar-refractivity contribution is 0.746. The van der Waals surface area contributed by atoms with E-state index < -0.39 is 0 Å². The average molecular weight is 363 g/mol. The molecule has 0 bridgehead atoms. The van der Waals surface area contributed by atoms with Crippen LogP contribution in [-0.2, 0) is 20.0 Å². The Morgan fingerprint density at radius 1 is 1.32 bits per heavy atom. The van der Waals surface area contributed by atoms with Gasteiger partial charge in [-0.25, -0.2) is 0 Å². The zero-order valence-corrected chi connectivity index (χ0v) is 13.8. The summed E-state index contributed by atoms with van der Waals surface area (Å²) in [4.78, 5) is 0. The summed E-state index contributed by atoms with van der Waals surface area (Å²) in [7, 11) is 1.92. The van der Waals surface area contributed by atoms with Crippen LogP contribution < -0.4 is 5.32 Å². The third kappa shape index (κ3) is 3.44. The first-order valence-corrected chi connectivity index (χ1v) is 7.46. The predicted octanol–water partition coefficient (Wildman–Crippen LogP) is 4.66. The molecule has 0 amide bonds. The highest BCUT2D eigenvalue weighted by Gasteiger charge is 2.10. The Morgan fingerprint density at radius 2 is 1.95 bits per heavy atom. The quantitative estimate of drug-likeness (QED) is 0.856. The third-order valence-electron chi connectivity index (χ3n) is 2.79. The van der Waals surface area contributed by atoms with Crippen molar-refractivity contribution in [3.8, 4) is 0 Å². The number of rotatable bonds is 4. The summed E-state index contributed by atoms with van der Waals surface area (Å²) in [6.45, 7) is 2.74. The van der Waals surface area contributed by atoms with Gasteiger partial charge in [0.2, 0.25) is 0 Å². The molecule has 0 aliphatic heterocycles. The Hall–Kier alpha value is -0.710. The van der Waals surface area contributed by atoms with E-state index in [1.165, 1.54) is 0 Å². The highest BCUT2D eigenvalue weighted by atomic mass is 79.9. The first kappa shape index (κ1) is 14.7. The summed E-state index contributed by atoms with van der Waals surface area (Å²) in [6, 6.07) is 3.64. The van der Waals surface area contributed by atoms with Crippen molar-refractivity contribution in [3.05, 3.63) is 44.1 Å². The van der Waals surface area contributed by atoms with Crippen LogP contribution >= 0.6 is 39.1 Å². The monoisotopic (exact) mass is 361 g/mol. The minimum absolute atomic E-state index is 0.598. The molecule has 2 aromatic rings. The van der Waals surface area contributed by atoms with Gasteiger partial charge in [-0.1, -0.05) is 46.1 Å². The first-order valence-electron chi connectivity index (χ1n) is 5.91. The number of benzene rings is 1. The molecule has 1 N–H and O–H groups in total. The van der Waals surface area contributed by atoms with Crippen molar-refractivity contribution < 1.29 is 0 Å². The minimum atomic E-state index is 0.598. The summed E-state index contributed by atoms with van der Waals surface area (Å²) in [5.41, 5.74) is 2.98. The molecule has 0 fully saturated rings. The Labute approximate surface area is 131 Å². The van der Waals surface area contributed by atoms with E-state index in [0.29, 0.717) is 16.6 Å². The van der Waals surface area contributed by atoms with Gasteiger partial charge in [0.1, 0.15) is 0 Å². The second kappa shape index (κ2) is 6.16. The second-order valence-electron chi connectivity index (χ2n) is 4.23. The van der Waals surface area contributed by atoms with E-state index in [-0.39, 0.29) is 0 Å². The fourth-order valence-electron chi connectivity index (χ4n) is 1.92. The molecule has 6 heteroatoms. The molecule has 0 radical (unpaired) electrons. The molecule has 0 spiro atoms. The van der Waals surface area contributed by atoms with Crippen molar-refractivity contribution >= 4 is 44.8 Å². The van der Waals surface area contributed by atoms with Gasteiger partial charge in [-0.3, -0.25) is 4.68 Å². The fourth-order valence-corrected chi connectivity index (χ4v) is 3.27. The zero-order valence-electron chi connectivity index (χ0n) is 10.7. The van der Waals surface area contributed by atoms with Crippen LogP contribution in [0.5, 0.6) is 0 Å². The van der Waals surface area contributed by atoms with Crippen LogP contribution in [0.3, 0.4) is 0 Å². The second-order valence-corrected chi connectivity index (χ2v) is 5.96. The van der Waals surface area contributed by atoms with Gasteiger partial charge in [0.15, 0.2) is 0 Å². The lowest BCUT2D eigenvalue weighted by Gasteiger charge is -2.10. The van der Waals surface area contributed by atoms with E-state index in [4.69, 9.17) is 23.2 Å². The van der Waals surface area contributed by atoms with E-state index in [9.17, 15) is 0 Å². The van der Waals surface area contributed by atoms with E-state index in [1.54, 1.807) is 0 Å². The van der Waals surface area contributed by atoms with Gasteiger partial charge in [0, 0.05) is 29.8 Å². The molecule has 1 aromatic carbocycles. The highest BCUT2D eigenvalue weighted by molar-refractivity contribution is 9.10. The molecule has 0 saturated carbocycles. The first-order chi connectivity index (χ1) is 9.01. The molecular formula is C13H14BrCl2N3. The van der Waals surface area contributed by atoms with E-state index in [1.807, 2.05) is 30.1 Å². The van der Waals surface area contributed by atoms with Crippen LogP contribution in [0.1, 0.15) is 18.2 Å². The van der Waals surface area contributed by atoms with Gasteiger partial charge in [-0.15, -0.1) is 0 Å². The van der Waals surface area contributed by atoms with Gasteiger partial charge in [-0.2, -0.15) is 5.10 Å². The number of hydrogen-bond donors (Lipinski definition) is 1. The molecule has 1 aromatic heterocycles. The molecule has 0 atom stereocenters. The molecule has 0 unspecified atom stereocenters. The van der Waals surface area contributed by atoms with Crippen molar-refractivity contribution in [3.63, 3.8) is 0 Å². The Kier molecular flexibility index (Phi) is 4.76. The number of nitrogens with one attached hydrogen (secondary N) is 1. The summed E-state index contributed by atoms with van der Waals surface area (Å²) >= 11 is 15.7. The van der Waals surface area contributed by atoms with Crippen LogP contribution in [0, 0.1) is 0 Å². The van der Waals surface area contributed by atoms with Crippen molar-refractivity contribution in [2.45, 2.75) is 19.9 Å². The van der Waals surface area contributed by atoms with E-state index in [0.717, 1.165) is 27.8 Å². The normalized spacial score (nSPS) is 10.8. The predicted molar refractivity (Wildman–Crippen MR) is 84.1 cm³/mol. The molecule has 19 heavy (non-hydrogen) atoms. The largest absolute Gasteiger partial charge is 0.378 e. The minimum Gasteiger partial charge on any atom is -0.378 e. The summed E-state index contributed by atoms with van der Waals surface area (Å²) in [5.74, 6) is 0.